The van der Waals surface area contributed by atoms with E-state index in [1.54, 1.807) is 19.4 Å². The van der Waals surface area contributed by atoms with Crippen LogP contribution in [0.2, 0.25) is 0 Å². The van der Waals surface area contributed by atoms with Crippen LogP contribution in [0, 0.1) is 6.92 Å². The average Bonchev–Trinajstić information content (AvgIpc) is 3.39. The van der Waals surface area contributed by atoms with Gasteiger partial charge >= 0.3 is 0 Å². The van der Waals surface area contributed by atoms with E-state index in [-0.39, 0.29) is 11.8 Å². The number of fused-ring (bicyclic) bond motifs is 3. The first-order chi connectivity index (χ1) is 13.7. The summed E-state index contributed by atoms with van der Waals surface area (Å²) in [6, 6.07) is 15.1. The molecule has 2 aromatic carbocycles. The topological polar surface area (TPSA) is 67.4 Å². The predicted octanol–water partition coefficient (Wildman–Crippen LogP) is 4.54. The van der Waals surface area contributed by atoms with E-state index in [0.29, 0.717) is 23.7 Å². The number of hydrazone groups is 1. The van der Waals surface area contributed by atoms with Crippen molar-refractivity contribution in [1.82, 2.24) is 5.01 Å². The molecule has 0 radical (unpaired) electrons. The second-order valence-corrected chi connectivity index (χ2v) is 7.03. The van der Waals surface area contributed by atoms with Gasteiger partial charge in [-0.3, -0.25) is 0 Å². The second-order valence-electron chi connectivity index (χ2n) is 7.03. The number of aryl methyl sites for hydroxylation is 1. The molecule has 142 valence electrons. The Morgan fingerprint density at radius 3 is 2.86 bits per heavy atom. The van der Waals surface area contributed by atoms with Gasteiger partial charge in [-0.25, -0.2) is 5.01 Å². The Hall–Kier alpha value is -3.41. The Labute approximate surface area is 162 Å². The lowest BCUT2D eigenvalue weighted by Gasteiger charge is -2.37. The molecule has 28 heavy (non-hydrogen) atoms. The molecule has 3 aromatic rings. The van der Waals surface area contributed by atoms with Crippen LogP contribution in [0.25, 0.3) is 0 Å². The maximum atomic E-state index is 10.4. The molecule has 2 aliphatic heterocycles. The fourth-order valence-corrected chi connectivity index (χ4v) is 3.91. The van der Waals surface area contributed by atoms with Crippen LogP contribution in [-0.4, -0.2) is 22.9 Å². The van der Waals surface area contributed by atoms with Crippen molar-refractivity contribution in [3.8, 4) is 17.2 Å². The van der Waals surface area contributed by atoms with Crippen LogP contribution < -0.4 is 9.47 Å². The molecule has 0 unspecified atom stereocenters. The monoisotopic (exact) mass is 376 g/mol. The molecule has 0 fully saturated rings. The SMILES string of the molecule is COc1cccc2c1O[C@H](c1ccco1)N1N=C(c3cc(C)ccc3O)C[C@@H]21. The number of hydrogen-bond donors (Lipinski definition) is 1. The summed E-state index contributed by atoms with van der Waals surface area (Å²) in [4.78, 5) is 0. The van der Waals surface area contributed by atoms with E-state index < -0.39 is 6.23 Å². The third-order valence-electron chi connectivity index (χ3n) is 5.25. The molecule has 0 bridgehead atoms. The largest absolute Gasteiger partial charge is 0.507 e. The fourth-order valence-electron chi connectivity index (χ4n) is 3.91. The van der Waals surface area contributed by atoms with Crippen LogP contribution >= 0.6 is 0 Å². The maximum absolute atomic E-state index is 10.4. The van der Waals surface area contributed by atoms with Gasteiger partial charge in [0.25, 0.3) is 0 Å². The highest BCUT2D eigenvalue weighted by atomic mass is 16.5. The predicted molar refractivity (Wildman–Crippen MR) is 104 cm³/mol. The molecule has 1 N–H and O–H groups in total. The third-order valence-corrected chi connectivity index (χ3v) is 5.25. The van der Waals surface area contributed by atoms with Gasteiger partial charge in [0, 0.05) is 17.5 Å². The Bertz CT molecular complexity index is 1060. The molecular formula is C22H20N2O4. The summed E-state index contributed by atoms with van der Waals surface area (Å²) in [5.74, 6) is 2.28. The summed E-state index contributed by atoms with van der Waals surface area (Å²) in [5, 5.41) is 17.1. The highest BCUT2D eigenvalue weighted by molar-refractivity contribution is 6.04. The minimum absolute atomic E-state index is 0.0381. The van der Waals surface area contributed by atoms with Crippen molar-refractivity contribution in [2.75, 3.05) is 7.11 Å². The molecule has 0 saturated carbocycles. The van der Waals surface area contributed by atoms with Crippen LogP contribution in [0.15, 0.2) is 64.3 Å². The lowest BCUT2D eigenvalue weighted by molar-refractivity contribution is -0.0342. The summed E-state index contributed by atoms with van der Waals surface area (Å²) in [6.45, 7) is 2.00. The van der Waals surface area contributed by atoms with E-state index in [1.807, 2.05) is 54.4 Å². The quantitative estimate of drug-likeness (QED) is 0.727. The van der Waals surface area contributed by atoms with E-state index in [4.69, 9.17) is 19.0 Å². The second kappa shape index (κ2) is 6.34. The maximum Gasteiger partial charge on any atom is 0.246 e. The number of methoxy groups -OCH3 is 1. The van der Waals surface area contributed by atoms with Crippen molar-refractivity contribution in [1.29, 1.82) is 0 Å². The van der Waals surface area contributed by atoms with Gasteiger partial charge < -0.3 is 19.0 Å². The van der Waals surface area contributed by atoms with Gasteiger partial charge in [0.05, 0.1) is 25.1 Å². The standard InChI is InChI=1S/C22H20N2O4/c1-13-8-9-18(25)15(11-13)16-12-17-14-5-3-6-19(26-2)21(14)28-22(24(17)23-16)20-7-4-10-27-20/h3-11,17,22,25H,12H2,1-2H3/t17-,22+/m0/s1. The van der Waals surface area contributed by atoms with E-state index in [9.17, 15) is 5.11 Å². The molecular weight excluding hydrogens is 356 g/mol. The van der Waals surface area contributed by atoms with Gasteiger partial charge in [-0.15, -0.1) is 0 Å². The Morgan fingerprint density at radius 2 is 2.07 bits per heavy atom. The molecule has 0 aliphatic carbocycles. The molecule has 6 nitrogen and oxygen atoms in total. The van der Waals surface area contributed by atoms with Gasteiger partial charge in [0.1, 0.15) is 5.75 Å². The lowest BCUT2D eigenvalue weighted by Crippen LogP contribution is -2.33. The summed E-state index contributed by atoms with van der Waals surface area (Å²) in [7, 11) is 1.63. The molecule has 0 spiro atoms. The van der Waals surface area contributed by atoms with Crippen LogP contribution in [0.4, 0.5) is 0 Å². The highest BCUT2D eigenvalue weighted by Crippen LogP contribution is 2.51. The number of benzene rings is 2. The molecule has 5 rings (SSSR count). The molecule has 1 aromatic heterocycles. The van der Waals surface area contributed by atoms with E-state index in [1.165, 1.54) is 0 Å². The van der Waals surface area contributed by atoms with E-state index in [2.05, 4.69) is 0 Å². The van der Waals surface area contributed by atoms with Gasteiger partial charge in [0.15, 0.2) is 17.3 Å². The van der Waals surface area contributed by atoms with Crippen molar-refractivity contribution in [2.24, 2.45) is 5.10 Å². The molecule has 2 atom stereocenters. The summed E-state index contributed by atoms with van der Waals surface area (Å²) in [6.07, 6.45) is 1.77. The van der Waals surface area contributed by atoms with Crippen LogP contribution in [0.5, 0.6) is 17.2 Å². The smallest absolute Gasteiger partial charge is 0.246 e. The molecule has 3 heterocycles. The van der Waals surface area contributed by atoms with Crippen LogP contribution in [0.3, 0.4) is 0 Å². The van der Waals surface area contributed by atoms with Crippen molar-refractivity contribution in [3.05, 3.63) is 77.2 Å². The van der Waals surface area contributed by atoms with Gasteiger partial charge in [-0.1, -0.05) is 23.8 Å². The average molecular weight is 376 g/mol. The highest BCUT2D eigenvalue weighted by Gasteiger charge is 2.43. The van der Waals surface area contributed by atoms with E-state index >= 15 is 0 Å². The van der Waals surface area contributed by atoms with Gasteiger partial charge in [0.2, 0.25) is 6.23 Å². The lowest BCUT2D eigenvalue weighted by atomic mass is 9.95. The number of furan rings is 1. The Balaban J connectivity index is 1.64. The number of hydrogen-bond acceptors (Lipinski definition) is 6. The number of nitrogens with zero attached hydrogens (tertiary/aromatic N) is 2. The molecule has 0 saturated heterocycles. The number of phenols is 1. The first-order valence-corrected chi connectivity index (χ1v) is 9.18. The minimum Gasteiger partial charge on any atom is -0.507 e. The molecule has 2 aliphatic rings. The minimum atomic E-state index is -0.506. The van der Waals surface area contributed by atoms with Crippen molar-refractivity contribution in [2.45, 2.75) is 25.6 Å². The first-order valence-electron chi connectivity index (χ1n) is 9.18. The number of para-hydroxylation sites is 1. The van der Waals surface area contributed by atoms with Crippen molar-refractivity contribution in [3.63, 3.8) is 0 Å². The van der Waals surface area contributed by atoms with Crippen molar-refractivity contribution >= 4 is 5.71 Å². The van der Waals surface area contributed by atoms with E-state index in [0.717, 1.165) is 22.4 Å². The zero-order valence-corrected chi connectivity index (χ0v) is 15.6. The number of ether oxygens (including phenoxy) is 2. The van der Waals surface area contributed by atoms with Gasteiger partial charge in [-0.05, 0) is 37.3 Å². The Morgan fingerprint density at radius 1 is 1.18 bits per heavy atom. The number of rotatable bonds is 3. The molecule has 6 heteroatoms. The van der Waals surface area contributed by atoms with Crippen molar-refractivity contribution < 1.29 is 19.0 Å². The summed E-state index contributed by atoms with van der Waals surface area (Å²) < 4.78 is 17.4. The number of aromatic hydroxyl groups is 1. The fraction of sp³-hybridized carbons (Fsp3) is 0.227. The zero-order chi connectivity index (χ0) is 19.3. The first kappa shape index (κ1) is 16.7. The van der Waals surface area contributed by atoms with Crippen LogP contribution in [0.1, 0.15) is 41.1 Å². The number of phenolic OH excluding ortho intramolecular Hbond substituents is 1. The normalized spacial score (nSPS) is 20.2. The summed E-state index contributed by atoms with van der Waals surface area (Å²) >= 11 is 0. The Kier molecular flexibility index (Phi) is 3.79. The van der Waals surface area contributed by atoms with Crippen LogP contribution in [-0.2, 0) is 0 Å². The summed E-state index contributed by atoms with van der Waals surface area (Å²) in [5.41, 5.74) is 3.65. The van der Waals surface area contributed by atoms with Gasteiger partial charge in [-0.2, -0.15) is 5.10 Å². The zero-order valence-electron chi connectivity index (χ0n) is 15.6. The third kappa shape index (κ3) is 2.52. The molecule has 0 amide bonds.